The van der Waals surface area contributed by atoms with Gasteiger partial charge in [-0.2, -0.15) is 0 Å². The van der Waals surface area contributed by atoms with Gasteiger partial charge in [0.05, 0.1) is 13.2 Å². The van der Waals surface area contributed by atoms with E-state index >= 15 is 0 Å². The molecule has 1 aromatic carbocycles. The molecule has 0 saturated heterocycles. The Morgan fingerprint density at radius 1 is 1.47 bits per heavy atom. The van der Waals surface area contributed by atoms with Crippen LogP contribution in [0, 0.1) is 12.7 Å². The Morgan fingerprint density at radius 3 is 2.53 bits per heavy atom. The molecule has 2 atom stereocenters. The number of halogens is 1. The molecule has 1 aromatic rings. The Balaban J connectivity index is 3.22. The zero-order valence-corrected chi connectivity index (χ0v) is 9.12. The van der Waals surface area contributed by atoms with Gasteiger partial charge in [-0.15, -0.1) is 0 Å². The van der Waals surface area contributed by atoms with Crippen molar-refractivity contribution in [1.29, 1.82) is 0 Å². The summed E-state index contributed by atoms with van der Waals surface area (Å²) in [7, 11) is 1.39. The summed E-state index contributed by atoms with van der Waals surface area (Å²) in [5.41, 5.74) is 6.53. The Labute approximate surface area is 88.7 Å². The number of ether oxygens (including phenoxy) is 1. The monoisotopic (exact) mass is 213 g/mol. The van der Waals surface area contributed by atoms with Crippen molar-refractivity contribution < 1.29 is 14.2 Å². The van der Waals surface area contributed by atoms with E-state index in [2.05, 4.69) is 0 Å². The Hall–Kier alpha value is -1.13. The molecule has 15 heavy (non-hydrogen) atoms. The van der Waals surface area contributed by atoms with E-state index in [1.165, 1.54) is 7.11 Å². The van der Waals surface area contributed by atoms with Gasteiger partial charge in [-0.05, 0) is 25.5 Å². The van der Waals surface area contributed by atoms with Crippen molar-refractivity contribution in [3.8, 4) is 5.75 Å². The van der Waals surface area contributed by atoms with Crippen LogP contribution in [0.15, 0.2) is 12.1 Å². The first kappa shape index (κ1) is 11.9. The van der Waals surface area contributed by atoms with Gasteiger partial charge in [0.15, 0.2) is 11.6 Å². The fourth-order valence-electron chi connectivity index (χ4n) is 1.41. The molecule has 84 valence electrons. The molecule has 0 aliphatic heterocycles. The van der Waals surface area contributed by atoms with Gasteiger partial charge in [-0.1, -0.05) is 6.07 Å². The Morgan fingerprint density at radius 2 is 2.07 bits per heavy atom. The number of benzene rings is 1. The number of aryl methyl sites for hydroxylation is 1. The van der Waals surface area contributed by atoms with Crippen molar-refractivity contribution in [3.63, 3.8) is 0 Å². The topological polar surface area (TPSA) is 55.5 Å². The van der Waals surface area contributed by atoms with Crippen LogP contribution in [-0.2, 0) is 0 Å². The molecule has 3 nitrogen and oxygen atoms in total. The highest BCUT2D eigenvalue weighted by Crippen LogP contribution is 2.28. The van der Waals surface area contributed by atoms with Crippen LogP contribution in [0.2, 0.25) is 0 Å². The van der Waals surface area contributed by atoms with E-state index in [9.17, 15) is 9.50 Å². The molecular weight excluding hydrogens is 197 g/mol. The summed E-state index contributed by atoms with van der Waals surface area (Å²) in [6.07, 6.45) is -1.02. The first-order chi connectivity index (χ1) is 6.97. The van der Waals surface area contributed by atoms with Crippen LogP contribution in [0.25, 0.3) is 0 Å². The average Bonchev–Trinajstić information content (AvgIpc) is 2.19. The lowest BCUT2D eigenvalue weighted by atomic mass is 10.0. The van der Waals surface area contributed by atoms with Gasteiger partial charge in [-0.25, -0.2) is 4.39 Å². The highest BCUT2D eigenvalue weighted by molar-refractivity contribution is 5.37. The fraction of sp³-hybridized carbons (Fsp3) is 0.455. The molecule has 0 spiro atoms. The first-order valence-corrected chi connectivity index (χ1v) is 4.75. The summed E-state index contributed by atoms with van der Waals surface area (Å²) >= 11 is 0. The van der Waals surface area contributed by atoms with Crippen molar-refractivity contribution in [2.75, 3.05) is 7.11 Å². The largest absolute Gasteiger partial charge is 0.494 e. The van der Waals surface area contributed by atoms with Crippen LogP contribution < -0.4 is 10.5 Å². The molecule has 0 fully saturated rings. The third-order valence-corrected chi connectivity index (χ3v) is 2.25. The van der Waals surface area contributed by atoms with Gasteiger partial charge in [-0.3, -0.25) is 0 Å². The van der Waals surface area contributed by atoms with Crippen LogP contribution in [0.5, 0.6) is 5.75 Å². The molecule has 0 heterocycles. The summed E-state index contributed by atoms with van der Waals surface area (Å²) in [6.45, 7) is 3.43. The molecule has 0 amide bonds. The van der Waals surface area contributed by atoms with Crippen molar-refractivity contribution in [2.24, 2.45) is 5.73 Å². The molecule has 0 aromatic heterocycles. The smallest absolute Gasteiger partial charge is 0.170 e. The molecule has 4 heteroatoms. The van der Waals surface area contributed by atoms with Gasteiger partial charge in [0.2, 0.25) is 0 Å². The van der Waals surface area contributed by atoms with E-state index in [0.717, 1.165) is 5.56 Å². The number of hydrogen-bond donors (Lipinski definition) is 2. The van der Waals surface area contributed by atoms with E-state index < -0.39 is 18.0 Å². The number of aliphatic hydroxyl groups excluding tert-OH is 1. The standard InChI is InChI=1S/C11H16FNO2/c1-6-4-8(11(14)7(2)13)10(12)9(5-6)15-3/h4-5,7,11,14H,13H2,1-3H3. The predicted molar refractivity (Wildman–Crippen MR) is 56.3 cm³/mol. The van der Waals surface area contributed by atoms with Gasteiger partial charge in [0.1, 0.15) is 0 Å². The van der Waals surface area contributed by atoms with Crippen molar-refractivity contribution in [2.45, 2.75) is 26.0 Å². The molecule has 0 aliphatic carbocycles. The second-order valence-corrected chi connectivity index (χ2v) is 3.67. The maximum Gasteiger partial charge on any atom is 0.170 e. The highest BCUT2D eigenvalue weighted by atomic mass is 19.1. The highest BCUT2D eigenvalue weighted by Gasteiger charge is 2.20. The van der Waals surface area contributed by atoms with Gasteiger partial charge >= 0.3 is 0 Å². The van der Waals surface area contributed by atoms with Crippen LogP contribution in [0.4, 0.5) is 4.39 Å². The summed E-state index contributed by atoms with van der Waals surface area (Å²) in [5, 5.41) is 9.70. The van der Waals surface area contributed by atoms with Gasteiger partial charge in [0.25, 0.3) is 0 Å². The molecule has 0 saturated carbocycles. The lowest BCUT2D eigenvalue weighted by Crippen LogP contribution is -2.25. The minimum absolute atomic E-state index is 0.129. The maximum absolute atomic E-state index is 13.7. The summed E-state index contributed by atoms with van der Waals surface area (Å²) in [6, 6.07) is 2.63. The third-order valence-electron chi connectivity index (χ3n) is 2.25. The van der Waals surface area contributed by atoms with Crippen LogP contribution >= 0.6 is 0 Å². The lowest BCUT2D eigenvalue weighted by Gasteiger charge is -2.17. The molecular formula is C11H16FNO2. The fourth-order valence-corrected chi connectivity index (χ4v) is 1.41. The van der Waals surface area contributed by atoms with Gasteiger partial charge in [0, 0.05) is 11.6 Å². The minimum atomic E-state index is -1.02. The Kier molecular flexibility index (Phi) is 3.66. The van der Waals surface area contributed by atoms with Crippen LogP contribution in [0.1, 0.15) is 24.2 Å². The quantitative estimate of drug-likeness (QED) is 0.800. The molecule has 2 unspecified atom stereocenters. The van der Waals surface area contributed by atoms with Crippen molar-refractivity contribution in [3.05, 3.63) is 29.1 Å². The number of methoxy groups -OCH3 is 1. The van der Waals surface area contributed by atoms with E-state index in [1.54, 1.807) is 26.0 Å². The Bertz CT molecular complexity index is 353. The zero-order valence-electron chi connectivity index (χ0n) is 9.12. The summed E-state index contributed by atoms with van der Waals surface area (Å²) < 4.78 is 18.6. The van der Waals surface area contributed by atoms with E-state index in [4.69, 9.17) is 10.5 Å². The summed E-state index contributed by atoms with van der Waals surface area (Å²) in [5.74, 6) is -0.419. The first-order valence-electron chi connectivity index (χ1n) is 4.75. The third kappa shape index (κ3) is 2.46. The lowest BCUT2D eigenvalue weighted by molar-refractivity contribution is 0.148. The average molecular weight is 213 g/mol. The maximum atomic E-state index is 13.7. The zero-order chi connectivity index (χ0) is 11.6. The van der Waals surface area contributed by atoms with E-state index in [-0.39, 0.29) is 11.3 Å². The number of hydrogen-bond acceptors (Lipinski definition) is 3. The SMILES string of the molecule is COc1cc(C)cc(C(O)C(C)N)c1F. The van der Waals surface area contributed by atoms with Gasteiger partial charge < -0.3 is 15.6 Å². The number of rotatable bonds is 3. The molecule has 0 bridgehead atoms. The molecule has 1 rings (SSSR count). The normalized spacial score (nSPS) is 14.8. The van der Waals surface area contributed by atoms with Crippen LogP contribution in [0.3, 0.4) is 0 Å². The molecule has 3 N–H and O–H groups in total. The minimum Gasteiger partial charge on any atom is -0.494 e. The predicted octanol–water partition coefficient (Wildman–Crippen LogP) is 1.52. The van der Waals surface area contributed by atoms with Crippen molar-refractivity contribution in [1.82, 2.24) is 0 Å². The second-order valence-electron chi connectivity index (χ2n) is 3.67. The van der Waals surface area contributed by atoms with Crippen molar-refractivity contribution >= 4 is 0 Å². The summed E-state index contributed by atoms with van der Waals surface area (Å²) in [4.78, 5) is 0. The van der Waals surface area contributed by atoms with E-state index in [0.29, 0.717) is 0 Å². The number of aliphatic hydroxyl groups is 1. The molecule has 0 aliphatic rings. The van der Waals surface area contributed by atoms with E-state index in [1.807, 2.05) is 0 Å². The second kappa shape index (κ2) is 4.59. The molecule has 0 radical (unpaired) electrons. The van der Waals surface area contributed by atoms with Crippen LogP contribution in [-0.4, -0.2) is 18.3 Å². The number of nitrogens with two attached hydrogens (primary N) is 1.